The van der Waals surface area contributed by atoms with Crippen LogP contribution >= 0.6 is 0 Å². The fourth-order valence-electron chi connectivity index (χ4n) is 2.69. The standard InChI is InChI=1S/C17H23FN2O3/c1-10-8-12-9-13(18)6-7-14(12)20(10)15(21)11(2)19-16(22)23-17(3,4)5/h6-7,9-11H,8H2,1-5H3,(H,19,22)/t10?,11-/m1/s1. The number of nitrogens with zero attached hydrogens (tertiary/aromatic N) is 1. The van der Waals surface area contributed by atoms with Gasteiger partial charge in [0.1, 0.15) is 17.5 Å². The first-order chi connectivity index (χ1) is 10.6. The lowest BCUT2D eigenvalue weighted by Gasteiger charge is -2.27. The first kappa shape index (κ1) is 17.2. The zero-order valence-electron chi connectivity index (χ0n) is 14.1. The average Bonchev–Trinajstić information content (AvgIpc) is 2.70. The first-order valence-corrected chi connectivity index (χ1v) is 7.69. The SMILES string of the molecule is CC1Cc2cc(F)ccc2N1C(=O)[C@@H](C)NC(=O)OC(C)(C)C. The predicted octanol–water partition coefficient (Wildman–Crippen LogP) is 3.02. The van der Waals surface area contributed by atoms with E-state index in [9.17, 15) is 14.0 Å². The number of alkyl carbamates (subject to hydrolysis) is 1. The summed E-state index contributed by atoms with van der Waals surface area (Å²) in [5, 5.41) is 2.55. The fraction of sp³-hybridized carbons (Fsp3) is 0.529. The fourth-order valence-corrected chi connectivity index (χ4v) is 2.69. The zero-order valence-corrected chi connectivity index (χ0v) is 14.1. The quantitative estimate of drug-likeness (QED) is 0.910. The Bertz CT molecular complexity index is 625. The van der Waals surface area contributed by atoms with Crippen LogP contribution < -0.4 is 10.2 Å². The van der Waals surface area contributed by atoms with Gasteiger partial charge in [0, 0.05) is 11.7 Å². The van der Waals surface area contributed by atoms with Gasteiger partial charge >= 0.3 is 6.09 Å². The number of hydrogen-bond donors (Lipinski definition) is 1. The predicted molar refractivity (Wildman–Crippen MR) is 85.9 cm³/mol. The van der Waals surface area contributed by atoms with Gasteiger partial charge in [-0.1, -0.05) is 0 Å². The van der Waals surface area contributed by atoms with Crippen LogP contribution in [0.5, 0.6) is 0 Å². The number of carbonyl (C=O) groups excluding carboxylic acids is 2. The second-order valence-electron chi connectivity index (χ2n) is 6.90. The average molecular weight is 322 g/mol. The molecule has 0 saturated carbocycles. The van der Waals surface area contributed by atoms with Crippen LogP contribution in [-0.4, -0.2) is 29.7 Å². The minimum atomic E-state index is -0.733. The maximum Gasteiger partial charge on any atom is 0.408 e. The highest BCUT2D eigenvalue weighted by atomic mass is 19.1. The molecule has 0 fully saturated rings. The molecule has 0 bridgehead atoms. The van der Waals surface area contributed by atoms with E-state index in [2.05, 4.69) is 5.32 Å². The molecular weight excluding hydrogens is 299 g/mol. The Morgan fingerprint density at radius 1 is 1.39 bits per heavy atom. The van der Waals surface area contributed by atoms with Crippen molar-refractivity contribution < 1.29 is 18.7 Å². The third-order valence-corrected chi connectivity index (χ3v) is 3.60. The molecule has 2 amide bonds. The first-order valence-electron chi connectivity index (χ1n) is 7.69. The number of hydrogen-bond acceptors (Lipinski definition) is 3. The monoisotopic (exact) mass is 322 g/mol. The largest absolute Gasteiger partial charge is 0.444 e. The van der Waals surface area contributed by atoms with E-state index in [0.717, 1.165) is 5.56 Å². The molecule has 2 atom stereocenters. The Hall–Kier alpha value is -2.11. The molecule has 1 N–H and O–H groups in total. The van der Waals surface area contributed by atoms with E-state index in [4.69, 9.17) is 4.74 Å². The van der Waals surface area contributed by atoms with Crippen LogP contribution in [0.1, 0.15) is 40.2 Å². The van der Waals surface area contributed by atoms with E-state index in [-0.39, 0.29) is 17.8 Å². The van der Waals surface area contributed by atoms with E-state index in [1.54, 1.807) is 38.7 Å². The lowest BCUT2D eigenvalue weighted by Crippen LogP contribution is -2.50. The Morgan fingerprint density at radius 2 is 2.04 bits per heavy atom. The van der Waals surface area contributed by atoms with Crippen LogP contribution in [0.25, 0.3) is 0 Å². The smallest absolute Gasteiger partial charge is 0.408 e. The summed E-state index contributed by atoms with van der Waals surface area (Å²) in [5.41, 5.74) is 0.870. The number of benzene rings is 1. The lowest BCUT2D eigenvalue weighted by molar-refractivity contribution is -0.120. The summed E-state index contributed by atoms with van der Waals surface area (Å²) in [4.78, 5) is 26.1. The molecule has 1 aromatic carbocycles. The maximum atomic E-state index is 13.3. The summed E-state index contributed by atoms with van der Waals surface area (Å²) in [7, 11) is 0. The van der Waals surface area contributed by atoms with Crippen molar-refractivity contribution in [3.05, 3.63) is 29.6 Å². The van der Waals surface area contributed by atoms with Gasteiger partial charge in [-0.25, -0.2) is 9.18 Å². The highest BCUT2D eigenvalue weighted by Gasteiger charge is 2.34. The van der Waals surface area contributed by atoms with E-state index in [1.165, 1.54) is 12.1 Å². The van der Waals surface area contributed by atoms with Crippen LogP contribution in [0.2, 0.25) is 0 Å². The summed E-state index contributed by atoms with van der Waals surface area (Å²) in [6, 6.07) is 3.57. The molecule has 0 spiro atoms. The molecule has 0 saturated heterocycles. The van der Waals surface area contributed by atoms with Crippen molar-refractivity contribution in [1.82, 2.24) is 5.32 Å². The second kappa shape index (κ2) is 6.18. The highest BCUT2D eigenvalue weighted by molar-refractivity contribution is 6.00. The van der Waals surface area contributed by atoms with Gasteiger partial charge in [-0.15, -0.1) is 0 Å². The number of rotatable bonds is 2. The van der Waals surface area contributed by atoms with Crippen molar-refractivity contribution in [1.29, 1.82) is 0 Å². The number of nitrogens with one attached hydrogen (secondary N) is 1. The number of anilines is 1. The van der Waals surface area contributed by atoms with Gasteiger partial charge in [0.15, 0.2) is 0 Å². The Labute approximate surface area is 135 Å². The highest BCUT2D eigenvalue weighted by Crippen LogP contribution is 2.33. The van der Waals surface area contributed by atoms with Crippen molar-refractivity contribution in [2.75, 3.05) is 4.90 Å². The van der Waals surface area contributed by atoms with Crippen LogP contribution in [0.15, 0.2) is 18.2 Å². The molecule has 5 nitrogen and oxygen atoms in total. The molecule has 1 aliphatic rings. The second-order valence-corrected chi connectivity index (χ2v) is 6.90. The van der Waals surface area contributed by atoms with Crippen LogP contribution in [-0.2, 0) is 16.0 Å². The number of halogens is 1. The lowest BCUT2D eigenvalue weighted by atomic mass is 10.1. The summed E-state index contributed by atoms with van der Waals surface area (Å²) in [5.74, 6) is -0.557. The summed E-state index contributed by atoms with van der Waals surface area (Å²) in [6.07, 6.45) is -0.0395. The topological polar surface area (TPSA) is 58.6 Å². The molecule has 6 heteroatoms. The van der Waals surface area contributed by atoms with E-state index >= 15 is 0 Å². The molecule has 1 aromatic rings. The third-order valence-electron chi connectivity index (χ3n) is 3.60. The van der Waals surface area contributed by atoms with Gasteiger partial charge in [-0.3, -0.25) is 4.79 Å². The molecule has 1 heterocycles. The normalized spacial score (nSPS) is 18.3. The molecule has 0 aromatic heterocycles. The maximum absolute atomic E-state index is 13.3. The van der Waals surface area contributed by atoms with E-state index in [1.807, 2.05) is 6.92 Å². The van der Waals surface area contributed by atoms with Crippen LogP contribution in [0, 0.1) is 5.82 Å². The van der Waals surface area contributed by atoms with E-state index in [0.29, 0.717) is 12.1 Å². The molecule has 0 radical (unpaired) electrons. The van der Waals surface area contributed by atoms with Crippen molar-refractivity contribution in [3.63, 3.8) is 0 Å². The number of amides is 2. The Balaban J connectivity index is 2.10. The van der Waals surface area contributed by atoms with Gasteiger partial charge in [-0.2, -0.15) is 0 Å². The van der Waals surface area contributed by atoms with Crippen LogP contribution in [0.4, 0.5) is 14.9 Å². The van der Waals surface area contributed by atoms with Gasteiger partial charge in [-0.05, 0) is 64.8 Å². The van der Waals surface area contributed by atoms with Gasteiger partial charge in [0.05, 0.1) is 0 Å². The Morgan fingerprint density at radius 3 is 2.65 bits per heavy atom. The van der Waals surface area contributed by atoms with Gasteiger partial charge in [0.25, 0.3) is 0 Å². The van der Waals surface area contributed by atoms with Crippen molar-refractivity contribution >= 4 is 17.7 Å². The minimum absolute atomic E-state index is 0.0813. The number of fused-ring (bicyclic) bond motifs is 1. The minimum Gasteiger partial charge on any atom is -0.444 e. The van der Waals surface area contributed by atoms with Crippen molar-refractivity contribution in [2.45, 2.75) is 58.7 Å². The molecule has 0 aliphatic carbocycles. The number of carbonyl (C=O) groups is 2. The molecule has 2 rings (SSSR count). The molecular formula is C17H23FN2O3. The molecule has 126 valence electrons. The molecule has 1 unspecified atom stereocenters. The summed E-state index contributed by atoms with van der Waals surface area (Å²) < 4.78 is 18.5. The number of ether oxygens (including phenoxy) is 1. The van der Waals surface area contributed by atoms with Gasteiger partial charge in [0.2, 0.25) is 5.91 Å². The van der Waals surface area contributed by atoms with E-state index < -0.39 is 17.7 Å². The molecule has 23 heavy (non-hydrogen) atoms. The van der Waals surface area contributed by atoms with Crippen molar-refractivity contribution in [2.24, 2.45) is 0 Å². The zero-order chi connectivity index (χ0) is 17.4. The van der Waals surface area contributed by atoms with Crippen LogP contribution in [0.3, 0.4) is 0 Å². The third kappa shape index (κ3) is 4.00. The van der Waals surface area contributed by atoms with Gasteiger partial charge < -0.3 is 15.0 Å². The summed E-state index contributed by atoms with van der Waals surface area (Å²) >= 11 is 0. The Kier molecular flexibility index (Phi) is 4.63. The van der Waals surface area contributed by atoms with Crippen molar-refractivity contribution in [3.8, 4) is 0 Å². The summed E-state index contributed by atoms with van der Waals surface area (Å²) in [6.45, 7) is 8.78. The molecule has 1 aliphatic heterocycles.